The van der Waals surface area contributed by atoms with E-state index in [4.69, 9.17) is 4.74 Å². The SMILES string of the molecule is COc1ccc2c(c1)c(C(C(=O)O)N1CCN(CCc3ccncc3)CC1)cn2CC(=O)O. The van der Waals surface area contributed by atoms with Gasteiger partial charge in [0.1, 0.15) is 18.3 Å². The highest BCUT2D eigenvalue weighted by Gasteiger charge is 2.33. The molecule has 0 saturated carbocycles. The summed E-state index contributed by atoms with van der Waals surface area (Å²) >= 11 is 0. The van der Waals surface area contributed by atoms with Crippen molar-refractivity contribution < 1.29 is 24.5 Å². The van der Waals surface area contributed by atoms with Gasteiger partial charge in [-0.1, -0.05) is 0 Å². The van der Waals surface area contributed by atoms with Gasteiger partial charge in [0, 0.05) is 67.8 Å². The fourth-order valence-corrected chi connectivity index (χ4v) is 4.49. The number of carboxylic acids is 2. The average molecular weight is 453 g/mol. The van der Waals surface area contributed by atoms with Crippen LogP contribution in [0.3, 0.4) is 0 Å². The highest BCUT2D eigenvalue weighted by Crippen LogP contribution is 2.33. The highest BCUT2D eigenvalue weighted by molar-refractivity contribution is 5.91. The van der Waals surface area contributed by atoms with E-state index in [0.717, 1.165) is 26.1 Å². The summed E-state index contributed by atoms with van der Waals surface area (Å²) in [6.07, 6.45) is 6.17. The monoisotopic (exact) mass is 452 g/mol. The molecule has 9 heteroatoms. The van der Waals surface area contributed by atoms with Crippen LogP contribution in [0.15, 0.2) is 48.9 Å². The van der Waals surface area contributed by atoms with Gasteiger partial charge >= 0.3 is 11.9 Å². The maximum absolute atomic E-state index is 12.4. The largest absolute Gasteiger partial charge is 0.497 e. The lowest BCUT2D eigenvalue weighted by atomic mass is 10.0. The van der Waals surface area contributed by atoms with Crippen molar-refractivity contribution >= 4 is 22.8 Å². The van der Waals surface area contributed by atoms with E-state index in [1.165, 1.54) is 5.56 Å². The zero-order valence-corrected chi connectivity index (χ0v) is 18.6. The Morgan fingerprint density at radius 3 is 2.45 bits per heavy atom. The number of fused-ring (bicyclic) bond motifs is 1. The quantitative estimate of drug-likeness (QED) is 0.508. The summed E-state index contributed by atoms with van der Waals surface area (Å²) in [4.78, 5) is 32.1. The second-order valence-corrected chi connectivity index (χ2v) is 8.21. The Morgan fingerprint density at radius 1 is 1.09 bits per heavy atom. The smallest absolute Gasteiger partial charge is 0.325 e. The van der Waals surface area contributed by atoms with Crippen LogP contribution in [0, 0.1) is 0 Å². The van der Waals surface area contributed by atoms with Crippen LogP contribution in [-0.4, -0.2) is 81.3 Å². The van der Waals surface area contributed by atoms with Crippen molar-refractivity contribution in [2.24, 2.45) is 0 Å². The minimum Gasteiger partial charge on any atom is -0.497 e. The van der Waals surface area contributed by atoms with Crippen molar-refractivity contribution in [3.63, 3.8) is 0 Å². The molecule has 1 aliphatic rings. The normalized spacial score (nSPS) is 16.0. The van der Waals surface area contributed by atoms with Crippen molar-refractivity contribution in [1.82, 2.24) is 19.4 Å². The summed E-state index contributed by atoms with van der Waals surface area (Å²) in [6, 6.07) is 8.47. The fraction of sp³-hybridized carbons (Fsp3) is 0.375. The molecular formula is C24H28N4O5. The third kappa shape index (κ3) is 5.15. The molecule has 0 bridgehead atoms. The molecule has 9 nitrogen and oxygen atoms in total. The van der Waals surface area contributed by atoms with Gasteiger partial charge in [-0.2, -0.15) is 0 Å². The van der Waals surface area contributed by atoms with Gasteiger partial charge in [0.25, 0.3) is 0 Å². The van der Waals surface area contributed by atoms with Crippen molar-refractivity contribution in [2.45, 2.75) is 19.0 Å². The van der Waals surface area contributed by atoms with E-state index in [1.807, 2.05) is 17.0 Å². The topological polar surface area (TPSA) is 108 Å². The summed E-state index contributed by atoms with van der Waals surface area (Å²) < 4.78 is 6.92. The number of piperazine rings is 1. The van der Waals surface area contributed by atoms with E-state index >= 15 is 0 Å². The van der Waals surface area contributed by atoms with E-state index in [0.29, 0.717) is 35.3 Å². The molecule has 1 fully saturated rings. The predicted octanol–water partition coefficient (Wildman–Crippen LogP) is 2.12. The molecule has 3 aromatic rings. The van der Waals surface area contributed by atoms with E-state index in [2.05, 4.69) is 9.88 Å². The van der Waals surface area contributed by atoms with Crippen LogP contribution in [0.2, 0.25) is 0 Å². The number of aromatic nitrogens is 2. The molecule has 2 aromatic heterocycles. The molecule has 0 spiro atoms. The summed E-state index contributed by atoms with van der Waals surface area (Å²) in [5.74, 6) is -1.33. The number of ether oxygens (including phenoxy) is 1. The lowest BCUT2D eigenvalue weighted by molar-refractivity contribution is -0.144. The lowest BCUT2D eigenvalue weighted by Gasteiger charge is -2.37. The Morgan fingerprint density at radius 2 is 1.82 bits per heavy atom. The zero-order valence-electron chi connectivity index (χ0n) is 18.6. The van der Waals surface area contributed by atoms with E-state index in [1.54, 1.807) is 48.5 Å². The van der Waals surface area contributed by atoms with Gasteiger partial charge in [0.2, 0.25) is 0 Å². The molecule has 1 unspecified atom stereocenters. The number of aliphatic carboxylic acids is 2. The number of nitrogens with zero attached hydrogens (tertiary/aromatic N) is 4. The maximum atomic E-state index is 12.4. The molecule has 174 valence electrons. The van der Waals surface area contributed by atoms with Gasteiger partial charge in [-0.25, -0.2) is 0 Å². The molecular weight excluding hydrogens is 424 g/mol. The Balaban J connectivity index is 1.54. The van der Waals surface area contributed by atoms with Gasteiger partial charge in [-0.05, 0) is 42.3 Å². The van der Waals surface area contributed by atoms with E-state index in [-0.39, 0.29) is 6.54 Å². The highest BCUT2D eigenvalue weighted by atomic mass is 16.5. The van der Waals surface area contributed by atoms with Gasteiger partial charge < -0.3 is 24.4 Å². The molecule has 1 aliphatic heterocycles. The number of methoxy groups -OCH3 is 1. The van der Waals surface area contributed by atoms with Crippen LogP contribution < -0.4 is 4.74 Å². The van der Waals surface area contributed by atoms with Crippen LogP contribution in [0.5, 0.6) is 5.75 Å². The van der Waals surface area contributed by atoms with E-state index in [9.17, 15) is 19.8 Å². The molecule has 3 heterocycles. The predicted molar refractivity (Wildman–Crippen MR) is 122 cm³/mol. The first-order valence-electron chi connectivity index (χ1n) is 10.9. The van der Waals surface area contributed by atoms with Crippen molar-refractivity contribution in [1.29, 1.82) is 0 Å². The van der Waals surface area contributed by atoms with Crippen LogP contribution >= 0.6 is 0 Å². The summed E-state index contributed by atoms with van der Waals surface area (Å²) in [5, 5.41) is 20.2. The van der Waals surface area contributed by atoms with Crippen molar-refractivity contribution in [3.8, 4) is 5.75 Å². The summed E-state index contributed by atoms with van der Waals surface area (Å²) in [5.41, 5.74) is 2.49. The molecule has 0 radical (unpaired) electrons. The number of hydrogen-bond donors (Lipinski definition) is 2. The van der Waals surface area contributed by atoms with E-state index < -0.39 is 18.0 Å². The van der Waals surface area contributed by atoms with Crippen molar-refractivity contribution in [3.05, 3.63) is 60.0 Å². The summed E-state index contributed by atoms with van der Waals surface area (Å²) in [7, 11) is 1.55. The van der Waals surface area contributed by atoms with Gasteiger partial charge in [-0.15, -0.1) is 0 Å². The van der Waals surface area contributed by atoms with Gasteiger partial charge in [-0.3, -0.25) is 19.5 Å². The second kappa shape index (κ2) is 10.0. The molecule has 1 aromatic carbocycles. The molecule has 1 atom stereocenters. The van der Waals surface area contributed by atoms with Gasteiger partial charge in [0.05, 0.1) is 7.11 Å². The lowest BCUT2D eigenvalue weighted by Crippen LogP contribution is -2.49. The Bertz CT molecular complexity index is 1120. The first-order chi connectivity index (χ1) is 16.0. The average Bonchev–Trinajstić information content (AvgIpc) is 3.15. The fourth-order valence-electron chi connectivity index (χ4n) is 4.49. The Labute approximate surface area is 191 Å². The maximum Gasteiger partial charge on any atom is 0.325 e. The molecule has 0 amide bonds. The standard InChI is InChI=1S/C24H28N4O5/c1-33-18-2-3-21-19(14-18)20(15-28(21)16-22(29)30)23(24(31)32)27-12-10-26(11-13-27)9-6-17-4-7-25-8-5-17/h2-5,7-8,14-15,23H,6,9-13,16H2,1H3,(H,29,30)(H,31,32). The van der Waals surface area contributed by atoms with Crippen LogP contribution in [0.4, 0.5) is 0 Å². The van der Waals surface area contributed by atoms with Crippen LogP contribution in [0.25, 0.3) is 10.9 Å². The number of rotatable bonds is 9. The second-order valence-electron chi connectivity index (χ2n) is 8.21. The summed E-state index contributed by atoms with van der Waals surface area (Å²) in [6.45, 7) is 3.44. The zero-order chi connectivity index (χ0) is 23.4. The Kier molecular flexibility index (Phi) is 6.90. The van der Waals surface area contributed by atoms with Gasteiger partial charge in [0.15, 0.2) is 0 Å². The van der Waals surface area contributed by atoms with Crippen molar-refractivity contribution in [2.75, 3.05) is 39.8 Å². The minimum atomic E-state index is -0.982. The molecule has 2 N–H and O–H groups in total. The first-order valence-corrected chi connectivity index (χ1v) is 10.9. The molecule has 4 rings (SSSR count). The number of hydrogen-bond acceptors (Lipinski definition) is 6. The number of carbonyl (C=O) groups is 2. The Hall–Kier alpha value is -3.43. The third-order valence-corrected chi connectivity index (χ3v) is 6.19. The molecule has 1 saturated heterocycles. The first kappa shape index (κ1) is 22.8. The molecule has 33 heavy (non-hydrogen) atoms. The van der Waals surface area contributed by atoms with Crippen LogP contribution in [-0.2, 0) is 22.6 Å². The van der Waals surface area contributed by atoms with Crippen LogP contribution in [0.1, 0.15) is 17.2 Å². The number of benzene rings is 1. The number of carboxylic acid groups (broad SMARTS) is 2. The minimum absolute atomic E-state index is 0.238. The third-order valence-electron chi connectivity index (χ3n) is 6.19. The number of pyridine rings is 1. The molecule has 0 aliphatic carbocycles.